The number of nitrogens with two attached hydrogens (primary N) is 1. The molecule has 1 rings (SSSR count). The Balaban J connectivity index is 0. The summed E-state index contributed by atoms with van der Waals surface area (Å²) in [7, 11) is 0. The maximum atomic E-state index is 10.6. The van der Waals surface area contributed by atoms with E-state index in [2.05, 4.69) is 10.4 Å². The molecular formula is C6H11Cl2N3OS. The lowest BCUT2D eigenvalue weighted by Crippen LogP contribution is -2.30. The number of halogens is 2. The number of aryl methyl sites for hydroxylation is 1. The zero-order valence-corrected chi connectivity index (χ0v) is 9.18. The number of hydrazine groups is 1. The largest absolute Gasteiger partial charge is 0.294 e. The molecule has 0 atom stereocenters. The molecule has 1 aromatic heterocycles. The lowest BCUT2D eigenvalue weighted by Gasteiger charge is -1.94. The highest BCUT2D eigenvalue weighted by Crippen LogP contribution is 2.05. The first-order valence-corrected chi connectivity index (χ1v) is 4.08. The fourth-order valence-electron chi connectivity index (χ4n) is 0.669. The fourth-order valence-corrected chi connectivity index (χ4v) is 1.29. The lowest BCUT2D eigenvalue weighted by atomic mass is 10.3. The molecule has 3 N–H and O–H groups in total. The van der Waals surface area contributed by atoms with Gasteiger partial charge in [-0.05, 0) is 0 Å². The zero-order valence-electron chi connectivity index (χ0n) is 6.73. The van der Waals surface area contributed by atoms with E-state index in [9.17, 15) is 4.79 Å². The Hall–Kier alpha value is -0.360. The first-order valence-electron chi connectivity index (χ1n) is 3.20. The first-order chi connectivity index (χ1) is 5.33. The third-order valence-corrected chi connectivity index (χ3v) is 2.05. The minimum atomic E-state index is -0.153. The van der Waals surface area contributed by atoms with Gasteiger partial charge in [0.25, 0.3) is 0 Å². The number of nitrogens with zero attached hydrogens (tertiary/aromatic N) is 1. The van der Waals surface area contributed by atoms with Crippen LogP contribution in [0.1, 0.15) is 11.4 Å². The van der Waals surface area contributed by atoms with Crippen molar-refractivity contribution < 1.29 is 4.79 Å². The first kappa shape index (κ1) is 15.1. The number of hydrogen-bond acceptors (Lipinski definition) is 4. The normalized spacial score (nSPS) is 8.08. The van der Waals surface area contributed by atoms with Gasteiger partial charge in [-0.1, -0.05) is 0 Å². The van der Waals surface area contributed by atoms with Gasteiger partial charge in [0.15, 0.2) is 0 Å². The summed E-state index contributed by atoms with van der Waals surface area (Å²) in [6, 6.07) is 0. The van der Waals surface area contributed by atoms with Gasteiger partial charge in [0, 0.05) is 24.4 Å². The third-order valence-electron chi connectivity index (χ3n) is 1.21. The standard InChI is InChI=1S/C6H9N3OS.2ClH/c7-9-5(10)1-2-6-8-3-4-11-6;;/h3-4H,1-2,7H2,(H,9,10);2*1H. The van der Waals surface area contributed by atoms with Crippen LogP contribution >= 0.6 is 36.2 Å². The predicted molar refractivity (Wildman–Crippen MR) is 57.3 cm³/mol. The van der Waals surface area contributed by atoms with Crippen LogP contribution in [0.4, 0.5) is 0 Å². The average molecular weight is 244 g/mol. The molecule has 76 valence electrons. The number of aromatic nitrogens is 1. The molecule has 0 unspecified atom stereocenters. The van der Waals surface area contributed by atoms with Crippen LogP contribution in [0.25, 0.3) is 0 Å². The van der Waals surface area contributed by atoms with Gasteiger partial charge in [-0.15, -0.1) is 36.2 Å². The third kappa shape index (κ3) is 5.81. The number of thiazole rings is 1. The maximum Gasteiger partial charge on any atom is 0.234 e. The summed E-state index contributed by atoms with van der Waals surface area (Å²) in [5, 5.41) is 2.85. The molecule has 0 aliphatic rings. The molecule has 0 aliphatic carbocycles. The summed E-state index contributed by atoms with van der Waals surface area (Å²) in [4.78, 5) is 14.7. The Kier molecular flexibility index (Phi) is 9.60. The smallest absolute Gasteiger partial charge is 0.234 e. The second-order valence-corrected chi connectivity index (χ2v) is 2.97. The number of carbonyl (C=O) groups is 1. The highest BCUT2D eigenvalue weighted by Gasteiger charge is 2.00. The molecule has 0 saturated heterocycles. The zero-order chi connectivity index (χ0) is 8.10. The Morgan fingerprint density at radius 2 is 2.31 bits per heavy atom. The molecule has 0 spiro atoms. The second kappa shape index (κ2) is 8.25. The molecule has 0 saturated carbocycles. The van der Waals surface area contributed by atoms with Crippen molar-refractivity contribution in [1.29, 1.82) is 0 Å². The molecule has 0 radical (unpaired) electrons. The summed E-state index contributed by atoms with van der Waals surface area (Å²) in [6.07, 6.45) is 2.80. The minimum Gasteiger partial charge on any atom is -0.294 e. The van der Waals surface area contributed by atoms with Gasteiger partial charge in [0.05, 0.1) is 5.01 Å². The molecule has 1 heterocycles. The van der Waals surface area contributed by atoms with E-state index in [0.29, 0.717) is 12.8 Å². The highest BCUT2D eigenvalue weighted by molar-refractivity contribution is 7.09. The van der Waals surface area contributed by atoms with E-state index < -0.39 is 0 Å². The van der Waals surface area contributed by atoms with Crippen molar-refractivity contribution >= 4 is 42.1 Å². The van der Waals surface area contributed by atoms with Crippen molar-refractivity contribution in [2.24, 2.45) is 5.84 Å². The van der Waals surface area contributed by atoms with Gasteiger partial charge < -0.3 is 0 Å². The fraction of sp³-hybridized carbons (Fsp3) is 0.333. The van der Waals surface area contributed by atoms with Gasteiger partial charge in [-0.3, -0.25) is 10.2 Å². The van der Waals surface area contributed by atoms with Crippen LogP contribution in [0.15, 0.2) is 11.6 Å². The lowest BCUT2D eigenvalue weighted by molar-refractivity contribution is -0.121. The van der Waals surface area contributed by atoms with Crippen molar-refractivity contribution in [1.82, 2.24) is 10.4 Å². The Morgan fingerprint density at radius 1 is 1.62 bits per heavy atom. The monoisotopic (exact) mass is 243 g/mol. The van der Waals surface area contributed by atoms with E-state index in [0.717, 1.165) is 5.01 Å². The van der Waals surface area contributed by atoms with E-state index in [1.165, 1.54) is 0 Å². The van der Waals surface area contributed by atoms with Crippen LogP contribution in [-0.4, -0.2) is 10.9 Å². The summed E-state index contributed by atoms with van der Waals surface area (Å²) in [5.41, 5.74) is 2.07. The molecule has 7 heteroatoms. The van der Waals surface area contributed by atoms with E-state index in [4.69, 9.17) is 5.84 Å². The molecule has 4 nitrogen and oxygen atoms in total. The van der Waals surface area contributed by atoms with Gasteiger partial charge >= 0.3 is 0 Å². The highest BCUT2D eigenvalue weighted by atomic mass is 35.5. The molecule has 0 aromatic carbocycles. The summed E-state index contributed by atoms with van der Waals surface area (Å²) in [5.74, 6) is 4.74. The average Bonchev–Trinajstić information content (AvgIpc) is 2.52. The van der Waals surface area contributed by atoms with E-state index in [-0.39, 0.29) is 30.7 Å². The van der Waals surface area contributed by atoms with E-state index >= 15 is 0 Å². The molecular weight excluding hydrogens is 233 g/mol. The molecule has 1 aromatic rings. The molecule has 0 aliphatic heterocycles. The quantitative estimate of drug-likeness (QED) is 0.471. The van der Waals surface area contributed by atoms with Gasteiger partial charge in [0.1, 0.15) is 0 Å². The number of amides is 1. The van der Waals surface area contributed by atoms with Crippen LogP contribution in [0.2, 0.25) is 0 Å². The van der Waals surface area contributed by atoms with Gasteiger partial charge in [-0.25, -0.2) is 10.8 Å². The Morgan fingerprint density at radius 3 is 2.77 bits per heavy atom. The Bertz CT molecular complexity index is 230. The van der Waals surface area contributed by atoms with Crippen LogP contribution in [0.3, 0.4) is 0 Å². The molecule has 0 bridgehead atoms. The van der Waals surface area contributed by atoms with Crippen LogP contribution in [0, 0.1) is 0 Å². The van der Waals surface area contributed by atoms with Gasteiger partial charge in [-0.2, -0.15) is 0 Å². The van der Waals surface area contributed by atoms with Crippen molar-refractivity contribution in [3.63, 3.8) is 0 Å². The van der Waals surface area contributed by atoms with Crippen molar-refractivity contribution in [2.45, 2.75) is 12.8 Å². The molecule has 13 heavy (non-hydrogen) atoms. The minimum absolute atomic E-state index is 0. The predicted octanol–water partition coefficient (Wildman–Crippen LogP) is 0.909. The van der Waals surface area contributed by atoms with Crippen LogP contribution in [0.5, 0.6) is 0 Å². The van der Waals surface area contributed by atoms with Crippen molar-refractivity contribution in [2.75, 3.05) is 0 Å². The molecule has 1 amide bonds. The van der Waals surface area contributed by atoms with E-state index in [1.807, 2.05) is 5.38 Å². The SMILES string of the molecule is Cl.Cl.NNC(=O)CCc1nccs1. The Labute approximate surface area is 92.7 Å². The number of hydrogen-bond donors (Lipinski definition) is 2. The second-order valence-electron chi connectivity index (χ2n) is 1.99. The molecule has 0 fully saturated rings. The number of nitrogens with one attached hydrogen (secondary N) is 1. The van der Waals surface area contributed by atoms with Crippen LogP contribution in [-0.2, 0) is 11.2 Å². The summed E-state index contributed by atoms with van der Waals surface area (Å²) < 4.78 is 0. The summed E-state index contributed by atoms with van der Waals surface area (Å²) >= 11 is 1.54. The van der Waals surface area contributed by atoms with E-state index in [1.54, 1.807) is 17.5 Å². The summed E-state index contributed by atoms with van der Waals surface area (Å²) in [6.45, 7) is 0. The number of rotatable bonds is 3. The van der Waals surface area contributed by atoms with Gasteiger partial charge in [0.2, 0.25) is 5.91 Å². The van der Waals surface area contributed by atoms with Crippen LogP contribution < -0.4 is 11.3 Å². The topological polar surface area (TPSA) is 68.0 Å². The number of carbonyl (C=O) groups excluding carboxylic acids is 1. The maximum absolute atomic E-state index is 10.6. The van der Waals surface area contributed by atoms with Crippen molar-refractivity contribution in [3.8, 4) is 0 Å². The van der Waals surface area contributed by atoms with Crippen molar-refractivity contribution in [3.05, 3.63) is 16.6 Å².